The molecule has 0 aromatic rings. The minimum Gasteiger partial charge on any atom is -0.379 e. The van der Waals surface area contributed by atoms with E-state index in [4.69, 9.17) is 9.47 Å². The molecule has 0 aromatic heterocycles. The Labute approximate surface area is 164 Å². The number of nitrogens with one attached hydrogen (secondary N) is 1. The van der Waals surface area contributed by atoms with Crippen LogP contribution in [0.5, 0.6) is 0 Å². The Morgan fingerprint density at radius 2 is 1.30 bits per heavy atom. The molecule has 0 aliphatic carbocycles. The van der Waals surface area contributed by atoms with E-state index in [2.05, 4.69) is 5.32 Å². The molecule has 0 aliphatic rings. The molecule has 0 unspecified atom stereocenters. The second kappa shape index (κ2) is 13.0. The lowest BCUT2D eigenvalue weighted by molar-refractivity contribution is -0.131. The molecule has 0 aliphatic heterocycles. The molecule has 0 atom stereocenters. The number of hydrogen-bond acceptors (Lipinski definition) is 5. The van der Waals surface area contributed by atoms with Crippen molar-refractivity contribution in [2.24, 2.45) is 10.8 Å². The predicted molar refractivity (Wildman–Crippen MR) is 107 cm³/mol. The Balaban J connectivity index is 3.64. The molecule has 0 spiro atoms. The van der Waals surface area contributed by atoms with Crippen molar-refractivity contribution < 1.29 is 23.9 Å². The third-order valence-electron chi connectivity index (χ3n) is 5.06. The molecule has 0 heterocycles. The van der Waals surface area contributed by atoms with Gasteiger partial charge in [-0.25, -0.2) is 0 Å². The van der Waals surface area contributed by atoms with Crippen molar-refractivity contribution in [3.8, 4) is 0 Å². The van der Waals surface area contributed by atoms with Crippen molar-refractivity contribution in [1.82, 2.24) is 5.32 Å². The van der Waals surface area contributed by atoms with Crippen molar-refractivity contribution in [3.63, 3.8) is 0 Å². The van der Waals surface area contributed by atoms with Crippen LogP contribution in [0.25, 0.3) is 0 Å². The van der Waals surface area contributed by atoms with Crippen LogP contribution in [0.3, 0.4) is 0 Å². The van der Waals surface area contributed by atoms with Gasteiger partial charge in [0.1, 0.15) is 11.6 Å². The molecule has 1 N–H and O–H groups in total. The molecular formula is C21H39NO5. The number of Topliss-reactive ketones (excluding diaryl/α,β-unsaturated/α-hetero) is 2. The van der Waals surface area contributed by atoms with Gasteiger partial charge in [-0.3, -0.25) is 14.4 Å². The van der Waals surface area contributed by atoms with Gasteiger partial charge in [0.15, 0.2) is 0 Å². The number of ether oxygens (including phenoxy) is 2. The minimum atomic E-state index is -0.325. The number of rotatable bonds is 15. The summed E-state index contributed by atoms with van der Waals surface area (Å²) in [5.74, 6) is 0.210. The molecule has 0 aromatic carbocycles. The molecule has 27 heavy (non-hydrogen) atoms. The highest BCUT2D eigenvalue weighted by Gasteiger charge is 2.28. The minimum absolute atomic E-state index is 0.126. The van der Waals surface area contributed by atoms with Gasteiger partial charge in [-0.05, 0) is 12.8 Å². The zero-order chi connectivity index (χ0) is 20.9. The van der Waals surface area contributed by atoms with Gasteiger partial charge >= 0.3 is 0 Å². The van der Waals surface area contributed by atoms with E-state index in [1.807, 2.05) is 41.5 Å². The molecular weight excluding hydrogens is 346 g/mol. The standard InChI is InChI=1S/C21H39NO5/c1-7-21(6,8-2)18(24)9-10-19(25)22-12-14-27-16-15-26-13-11-17(23)20(3,4)5/h7-16H2,1-6H3,(H,22,25). The van der Waals surface area contributed by atoms with Gasteiger partial charge in [0.25, 0.3) is 0 Å². The van der Waals surface area contributed by atoms with Gasteiger partial charge in [-0.1, -0.05) is 41.5 Å². The topological polar surface area (TPSA) is 81.7 Å². The first-order valence-electron chi connectivity index (χ1n) is 10.1. The van der Waals surface area contributed by atoms with Gasteiger partial charge in [0.2, 0.25) is 5.91 Å². The Kier molecular flexibility index (Phi) is 12.4. The summed E-state index contributed by atoms with van der Waals surface area (Å²) >= 11 is 0. The molecule has 6 heteroatoms. The van der Waals surface area contributed by atoms with E-state index >= 15 is 0 Å². The SMILES string of the molecule is CCC(C)(CC)C(=O)CCC(=O)NCCOCCOCCC(=O)C(C)(C)C. The van der Waals surface area contributed by atoms with E-state index in [9.17, 15) is 14.4 Å². The molecule has 0 saturated carbocycles. The third-order valence-corrected chi connectivity index (χ3v) is 5.06. The molecule has 0 bridgehead atoms. The van der Waals surface area contributed by atoms with Crippen LogP contribution < -0.4 is 5.32 Å². The van der Waals surface area contributed by atoms with Crippen molar-refractivity contribution in [1.29, 1.82) is 0 Å². The van der Waals surface area contributed by atoms with Gasteiger partial charge in [0, 0.05) is 36.6 Å². The van der Waals surface area contributed by atoms with Crippen LogP contribution in [-0.4, -0.2) is 50.4 Å². The highest BCUT2D eigenvalue weighted by Crippen LogP contribution is 2.28. The zero-order valence-electron chi connectivity index (χ0n) is 18.1. The summed E-state index contributed by atoms with van der Waals surface area (Å²) in [6, 6.07) is 0. The van der Waals surface area contributed by atoms with Gasteiger partial charge < -0.3 is 14.8 Å². The van der Waals surface area contributed by atoms with Crippen LogP contribution >= 0.6 is 0 Å². The molecule has 0 rings (SSSR count). The summed E-state index contributed by atoms with van der Waals surface area (Å²) in [6.07, 6.45) is 2.51. The fourth-order valence-electron chi connectivity index (χ4n) is 2.39. The Morgan fingerprint density at radius 3 is 1.81 bits per heavy atom. The first kappa shape index (κ1) is 25.7. The summed E-state index contributed by atoms with van der Waals surface area (Å²) < 4.78 is 10.8. The van der Waals surface area contributed by atoms with E-state index in [0.717, 1.165) is 12.8 Å². The summed E-state index contributed by atoms with van der Waals surface area (Å²) in [7, 11) is 0. The van der Waals surface area contributed by atoms with Crippen LogP contribution in [0, 0.1) is 10.8 Å². The normalized spacial score (nSPS) is 12.1. The van der Waals surface area contributed by atoms with E-state index < -0.39 is 0 Å². The summed E-state index contributed by atoms with van der Waals surface area (Å²) in [4.78, 5) is 35.7. The summed E-state index contributed by atoms with van der Waals surface area (Å²) in [5.41, 5.74) is -0.644. The molecule has 0 fully saturated rings. The largest absolute Gasteiger partial charge is 0.379 e. The molecule has 6 nitrogen and oxygen atoms in total. The van der Waals surface area contributed by atoms with Crippen LogP contribution in [0.15, 0.2) is 0 Å². The smallest absolute Gasteiger partial charge is 0.220 e. The van der Waals surface area contributed by atoms with Crippen molar-refractivity contribution in [3.05, 3.63) is 0 Å². The van der Waals surface area contributed by atoms with Gasteiger partial charge in [-0.15, -0.1) is 0 Å². The Hall–Kier alpha value is -1.27. The number of carbonyl (C=O) groups is 3. The lowest BCUT2D eigenvalue weighted by Crippen LogP contribution is -2.31. The molecule has 0 saturated heterocycles. The fraction of sp³-hybridized carbons (Fsp3) is 0.857. The maximum Gasteiger partial charge on any atom is 0.220 e. The number of ketones is 2. The van der Waals surface area contributed by atoms with Gasteiger partial charge in [-0.2, -0.15) is 0 Å². The average Bonchev–Trinajstić information content (AvgIpc) is 2.62. The van der Waals surface area contributed by atoms with E-state index in [1.54, 1.807) is 0 Å². The zero-order valence-corrected chi connectivity index (χ0v) is 18.1. The second-order valence-corrected chi connectivity index (χ2v) is 8.19. The third kappa shape index (κ3) is 11.2. The highest BCUT2D eigenvalue weighted by atomic mass is 16.5. The van der Waals surface area contributed by atoms with E-state index in [-0.39, 0.29) is 41.1 Å². The lowest BCUT2D eigenvalue weighted by Gasteiger charge is -2.24. The highest BCUT2D eigenvalue weighted by molar-refractivity contribution is 5.88. The fourth-order valence-corrected chi connectivity index (χ4v) is 2.39. The quantitative estimate of drug-likeness (QED) is 0.437. The van der Waals surface area contributed by atoms with Gasteiger partial charge in [0.05, 0.1) is 26.4 Å². The van der Waals surface area contributed by atoms with Crippen LogP contribution in [-0.2, 0) is 23.9 Å². The Bertz CT molecular complexity index is 464. The molecule has 158 valence electrons. The van der Waals surface area contributed by atoms with Crippen molar-refractivity contribution in [2.75, 3.05) is 33.0 Å². The van der Waals surface area contributed by atoms with E-state index in [0.29, 0.717) is 39.4 Å². The second-order valence-electron chi connectivity index (χ2n) is 8.19. The maximum absolute atomic E-state index is 12.2. The van der Waals surface area contributed by atoms with E-state index in [1.165, 1.54) is 0 Å². The number of carbonyl (C=O) groups excluding carboxylic acids is 3. The first-order valence-corrected chi connectivity index (χ1v) is 10.1. The Morgan fingerprint density at radius 1 is 0.741 bits per heavy atom. The summed E-state index contributed by atoms with van der Waals surface area (Å²) in [5, 5.41) is 2.76. The maximum atomic E-state index is 12.2. The van der Waals surface area contributed by atoms with Crippen molar-refractivity contribution in [2.45, 2.75) is 73.6 Å². The van der Waals surface area contributed by atoms with Crippen molar-refractivity contribution >= 4 is 17.5 Å². The first-order chi connectivity index (χ1) is 12.6. The number of amides is 1. The lowest BCUT2D eigenvalue weighted by atomic mass is 9.79. The predicted octanol–water partition coefficient (Wildman–Crippen LogP) is 3.32. The molecule has 0 radical (unpaired) electrons. The van der Waals surface area contributed by atoms with Crippen LogP contribution in [0.2, 0.25) is 0 Å². The van der Waals surface area contributed by atoms with Crippen LogP contribution in [0.1, 0.15) is 73.6 Å². The average molecular weight is 386 g/mol. The molecule has 1 amide bonds. The summed E-state index contributed by atoms with van der Waals surface area (Å²) in [6.45, 7) is 13.7. The number of hydrogen-bond donors (Lipinski definition) is 1. The van der Waals surface area contributed by atoms with Crippen LogP contribution in [0.4, 0.5) is 0 Å². The monoisotopic (exact) mass is 385 g/mol.